The molecule has 0 aliphatic carbocycles. The fourth-order valence-corrected chi connectivity index (χ4v) is 2.57. The lowest BCUT2D eigenvalue weighted by atomic mass is 10.0. The van der Waals surface area contributed by atoms with E-state index in [1.54, 1.807) is 6.07 Å². The molecule has 0 spiro atoms. The highest BCUT2D eigenvalue weighted by atomic mass is 19.1. The van der Waals surface area contributed by atoms with Crippen LogP contribution in [0.4, 0.5) is 4.39 Å². The Morgan fingerprint density at radius 1 is 1.22 bits per heavy atom. The van der Waals surface area contributed by atoms with E-state index in [2.05, 4.69) is 10.6 Å². The van der Waals surface area contributed by atoms with E-state index in [0.717, 1.165) is 0 Å². The zero-order valence-electron chi connectivity index (χ0n) is 15.5. The molecule has 1 rings (SSSR count). The Bertz CT molecular complexity index is 702. The summed E-state index contributed by atoms with van der Waals surface area (Å²) in [5.41, 5.74) is 0.535. The molecule has 0 aliphatic heterocycles. The summed E-state index contributed by atoms with van der Waals surface area (Å²) in [5.74, 6) is -2.03. The molecule has 1 aromatic rings. The number of hydrogen-bond acceptors (Lipinski definition) is 5. The number of nitriles is 1. The van der Waals surface area contributed by atoms with Crippen molar-refractivity contribution in [2.24, 2.45) is 0 Å². The molecule has 0 unspecified atom stereocenters. The maximum atomic E-state index is 13.4. The molecule has 146 valence electrons. The molecule has 0 radical (unpaired) electrons. The molecule has 0 saturated carbocycles. The number of carbonyl (C=O) groups is 3. The van der Waals surface area contributed by atoms with Crippen LogP contribution in [-0.4, -0.2) is 37.0 Å². The molecular weight excluding hydrogens is 353 g/mol. The van der Waals surface area contributed by atoms with Gasteiger partial charge in [-0.2, -0.15) is 5.26 Å². The Morgan fingerprint density at radius 3 is 2.56 bits per heavy atom. The third kappa shape index (κ3) is 8.31. The molecule has 0 bridgehead atoms. The number of ether oxygens (including phenoxy) is 1. The van der Waals surface area contributed by atoms with Gasteiger partial charge in [-0.15, -0.1) is 0 Å². The van der Waals surface area contributed by atoms with Crippen LogP contribution in [0.15, 0.2) is 24.3 Å². The molecule has 2 amide bonds. The number of nitrogens with one attached hydrogen (secondary N) is 2. The second kappa shape index (κ2) is 11.6. The number of benzene rings is 1. The van der Waals surface area contributed by atoms with Gasteiger partial charge in [0, 0.05) is 19.8 Å². The molecule has 0 heterocycles. The largest absolute Gasteiger partial charge is 0.467 e. The summed E-state index contributed by atoms with van der Waals surface area (Å²) >= 11 is 0. The Kier molecular flexibility index (Phi) is 9.51. The molecule has 27 heavy (non-hydrogen) atoms. The minimum atomic E-state index is -0.962. The van der Waals surface area contributed by atoms with Gasteiger partial charge in [-0.05, 0) is 37.0 Å². The highest BCUT2D eigenvalue weighted by Gasteiger charge is 2.26. The minimum Gasteiger partial charge on any atom is -0.467 e. The Balaban J connectivity index is 2.83. The van der Waals surface area contributed by atoms with E-state index in [4.69, 9.17) is 10.00 Å². The predicted octanol–water partition coefficient (Wildman–Crippen LogP) is 1.61. The topological polar surface area (TPSA) is 108 Å². The lowest BCUT2D eigenvalue weighted by molar-refractivity contribution is -0.145. The van der Waals surface area contributed by atoms with Gasteiger partial charge in [0.1, 0.15) is 17.9 Å². The third-order valence-electron chi connectivity index (χ3n) is 3.86. The van der Waals surface area contributed by atoms with Gasteiger partial charge < -0.3 is 15.4 Å². The van der Waals surface area contributed by atoms with Crippen molar-refractivity contribution in [3.8, 4) is 6.07 Å². The minimum absolute atomic E-state index is 0.0749. The van der Waals surface area contributed by atoms with Gasteiger partial charge in [0.2, 0.25) is 11.8 Å². The van der Waals surface area contributed by atoms with Crippen molar-refractivity contribution in [1.29, 1.82) is 5.26 Å². The van der Waals surface area contributed by atoms with Crippen molar-refractivity contribution in [3.63, 3.8) is 0 Å². The van der Waals surface area contributed by atoms with Crippen molar-refractivity contribution < 1.29 is 23.5 Å². The van der Waals surface area contributed by atoms with Crippen LogP contribution in [0.5, 0.6) is 0 Å². The van der Waals surface area contributed by atoms with E-state index >= 15 is 0 Å². The third-order valence-corrected chi connectivity index (χ3v) is 3.86. The standard InChI is InChI=1S/C19H24FN3O4/c1-13(24)22-17(12-14-7-6-8-15(20)11-14)18(25)23-16(19(26)27-2)9-4-3-5-10-21/h6-8,11,16-17H,3-5,9,12H2,1-2H3,(H,22,24)(H,23,25)/t16-,17-/m0/s1. The van der Waals surface area contributed by atoms with Crippen molar-refractivity contribution >= 4 is 17.8 Å². The molecule has 0 fully saturated rings. The van der Waals surface area contributed by atoms with E-state index in [1.165, 1.54) is 32.2 Å². The summed E-state index contributed by atoms with van der Waals surface area (Å²) in [6.07, 6.45) is 1.90. The SMILES string of the molecule is COC(=O)[C@H](CCCCC#N)NC(=O)[C@H](Cc1cccc(F)c1)NC(C)=O. The summed E-state index contributed by atoms with van der Waals surface area (Å²) in [6, 6.07) is 5.89. The Morgan fingerprint density at radius 2 is 1.96 bits per heavy atom. The molecular formula is C19H24FN3O4. The number of amides is 2. The highest BCUT2D eigenvalue weighted by molar-refractivity contribution is 5.90. The van der Waals surface area contributed by atoms with E-state index in [-0.39, 0.29) is 6.42 Å². The number of halogens is 1. The number of methoxy groups -OCH3 is 1. The zero-order chi connectivity index (χ0) is 20.2. The van der Waals surface area contributed by atoms with Crippen molar-refractivity contribution in [2.75, 3.05) is 7.11 Å². The fourth-order valence-electron chi connectivity index (χ4n) is 2.57. The molecule has 8 heteroatoms. The second-order valence-corrected chi connectivity index (χ2v) is 6.08. The molecule has 1 aromatic carbocycles. The van der Waals surface area contributed by atoms with Gasteiger partial charge in [-0.1, -0.05) is 12.1 Å². The maximum absolute atomic E-state index is 13.4. The molecule has 2 N–H and O–H groups in total. The van der Waals surface area contributed by atoms with Crippen LogP contribution in [0, 0.1) is 17.1 Å². The number of nitrogens with zero attached hydrogens (tertiary/aromatic N) is 1. The van der Waals surface area contributed by atoms with Gasteiger partial charge in [0.05, 0.1) is 13.2 Å². The van der Waals surface area contributed by atoms with Gasteiger partial charge in [0.25, 0.3) is 0 Å². The second-order valence-electron chi connectivity index (χ2n) is 6.08. The number of rotatable bonds is 10. The number of unbranched alkanes of at least 4 members (excludes halogenated alkanes) is 2. The van der Waals surface area contributed by atoms with E-state index in [1.807, 2.05) is 6.07 Å². The summed E-state index contributed by atoms with van der Waals surface area (Å²) in [7, 11) is 1.22. The van der Waals surface area contributed by atoms with Gasteiger partial charge in [-0.3, -0.25) is 9.59 Å². The van der Waals surface area contributed by atoms with Crippen LogP contribution in [0.25, 0.3) is 0 Å². The highest BCUT2D eigenvalue weighted by Crippen LogP contribution is 2.09. The number of esters is 1. The van der Waals surface area contributed by atoms with Crippen LogP contribution < -0.4 is 10.6 Å². The van der Waals surface area contributed by atoms with Crippen LogP contribution in [0.3, 0.4) is 0 Å². The first-order valence-electron chi connectivity index (χ1n) is 8.64. The Labute approximate surface area is 157 Å². The number of carbonyl (C=O) groups excluding carboxylic acids is 3. The lowest BCUT2D eigenvalue weighted by Gasteiger charge is -2.22. The molecule has 0 aromatic heterocycles. The Hall–Kier alpha value is -2.95. The summed E-state index contributed by atoms with van der Waals surface area (Å²) in [6.45, 7) is 1.27. The smallest absolute Gasteiger partial charge is 0.328 e. The van der Waals surface area contributed by atoms with E-state index in [9.17, 15) is 18.8 Å². The van der Waals surface area contributed by atoms with Crippen molar-refractivity contribution in [2.45, 2.75) is 51.1 Å². The van der Waals surface area contributed by atoms with E-state index in [0.29, 0.717) is 31.2 Å². The van der Waals surface area contributed by atoms with Gasteiger partial charge in [-0.25, -0.2) is 9.18 Å². The van der Waals surface area contributed by atoms with Crippen LogP contribution >= 0.6 is 0 Å². The number of hydrogen-bond donors (Lipinski definition) is 2. The van der Waals surface area contributed by atoms with E-state index < -0.39 is 35.7 Å². The predicted molar refractivity (Wildman–Crippen MR) is 95.7 cm³/mol. The fraction of sp³-hybridized carbons (Fsp3) is 0.474. The quantitative estimate of drug-likeness (QED) is 0.476. The average molecular weight is 377 g/mol. The average Bonchev–Trinajstić information content (AvgIpc) is 2.62. The molecule has 0 saturated heterocycles. The monoisotopic (exact) mass is 377 g/mol. The summed E-state index contributed by atoms with van der Waals surface area (Å²) in [5, 5.41) is 13.7. The van der Waals surface area contributed by atoms with Crippen LogP contribution in [-0.2, 0) is 25.5 Å². The van der Waals surface area contributed by atoms with Crippen molar-refractivity contribution in [1.82, 2.24) is 10.6 Å². The molecule has 0 aliphatic rings. The molecule has 2 atom stereocenters. The molecule has 7 nitrogen and oxygen atoms in total. The van der Waals surface area contributed by atoms with Crippen molar-refractivity contribution in [3.05, 3.63) is 35.6 Å². The van der Waals surface area contributed by atoms with Crippen LogP contribution in [0.2, 0.25) is 0 Å². The lowest BCUT2D eigenvalue weighted by Crippen LogP contribution is -2.52. The first kappa shape index (κ1) is 22.1. The summed E-state index contributed by atoms with van der Waals surface area (Å²) < 4.78 is 18.1. The van der Waals surface area contributed by atoms with Gasteiger partial charge >= 0.3 is 5.97 Å². The normalized spacial score (nSPS) is 12.4. The van der Waals surface area contributed by atoms with Gasteiger partial charge in [0.15, 0.2) is 0 Å². The first-order valence-corrected chi connectivity index (χ1v) is 8.64. The zero-order valence-corrected chi connectivity index (χ0v) is 15.5. The maximum Gasteiger partial charge on any atom is 0.328 e. The van der Waals surface area contributed by atoms with Crippen LogP contribution in [0.1, 0.15) is 38.2 Å². The summed E-state index contributed by atoms with van der Waals surface area (Å²) in [4.78, 5) is 36.0. The first-order chi connectivity index (χ1) is 12.9.